The fraction of sp³-hybridized carbons (Fsp3) is 0. The highest BCUT2D eigenvalue weighted by molar-refractivity contribution is 5.19. The molecule has 0 spiro atoms. The molecule has 0 aliphatic heterocycles. The molecule has 0 aromatic carbocycles. The van der Waals surface area contributed by atoms with Crippen LogP contribution in [0.2, 0.25) is 0 Å². The summed E-state index contributed by atoms with van der Waals surface area (Å²) < 4.78 is 6.50. The fourth-order valence-electron chi connectivity index (χ4n) is 0.885. The zero-order valence-electron chi connectivity index (χ0n) is 6.14. The Morgan fingerprint density at radius 3 is 3.08 bits per heavy atom. The third-order valence-electron chi connectivity index (χ3n) is 1.40. The van der Waals surface area contributed by atoms with Gasteiger partial charge >= 0.3 is 11.9 Å². The Hall–Kier alpha value is -2.32. The summed E-state index contributed by atoms with van der Waals surface area (Å²) in [5.41, 5.74) is 0. The SMILES string of the molecule is c1nnn(-c2nn3cnnc3o2)n1. The molecule has 0 amide bonds. The Labute approximate surface area is 70.0 Å². The summed E-state index contributed by atoms with van der Waals surface area (Å²) in [6.45, 7) is 0. The molecular formula is C4H2N8O. The van der Waals surface area contributed by atoms with Crippen LogP contribution in [0.4, 0.5) is 0 Å². The molecule has 0 aliphatic carbocycles. The van der Waals surface area contributed by atoms with E-state index in [0.717, 1.165) is 4.80 Å². The topological polar surface area (TPSA) is 99.8 Å². The Morgan fingerprint density at radius 2 is 2.31 bits per heavy atom. The van der Waals surface area contributed by atoms with E-state index in [9.17, 15) is 0 Å². The zero-order chi connectivity index (χ0) is 8.67. The summed E-state index contributed by atoms with van der Waals surface area (Å²) in [5, 5.41) is 22.0. The number of rotatable bonds is 1. The minimum atomic E-state index is 0.197. The molecule has 9 nitrogen and oxygen atoms in total. The van der Waals surface area contributed by atoms with Crippen molar-refractivity contribution in [1.82, 2.24) is 40.0 Å². The summed E-state index contributed by atoms with van der Waals surface area (Å²) in [5.74, 6) is 0.285. The van der Waals surface area contributed by atoms with Gasteiger partial charge in [0.1, 0.15) is 6.33 Å². The average molecular weight is 178 g/mol. The number of nitrogens with zero attached hydrogens (tertiary/aromatic N) is 8. The van der Waals surface area contributed by atoms with Crippen LogP contribution in [0.15, 0.2) is 17.1 Å². The number of hydrogen-bond donors (Lipinski definition) is 0. The van der Waals surface area contributed by atoms with E-state index in [1.54, 1.807) is 0 Å². The Balaban J connectivity index is 2.23. The van der Waals surface area contributed by atoms with Crippen LogP contribution in [0, 0.1) is 0 Å². The lowest BCUT2D eigenvalue weighted by molar-refractivity contribution is 0.499. The highest BCUT2D eigenvalue weighted by Crippen LogP contribution is 2.03. The fourth-order valence-corrected chi connectivity index (χ4v) is 0.885. The average Bonchev–Trinajstić information content (AvgIpc) is 2.78. The van der Waals surface area contributed by atoms with Gasteiger partial charge in [0.25, 0.3) is 0 Å². The molecule has 0 fully saturated rings. The van der Waals surface area contributed by atoms with E-state index in [0.29, 0.717) is 0 Å². The lowest BCUT2D eigenvalue weighted by Gasteiger charge is -1.84. The molecule has 9 heteroatoms. The van der Waals surface area contributed by atoms with Crippen molar-refractivity contribution < 1.29 is 4.42 Å². The first kappa shape index (κ1) is 6.22. The Kier molecular flexibility index (Phi) is 1.00. The quantitative estimate of drug-likeness (QED) is 0.456. The monoisotopic (exact) mass is 178 g/mol. The molecule has 3 aromatic heterocycles. The molecule has 0 bridgehead atoms. The molecule has 3 heterocycles. The van der Waals surface area contributed by atoms with Crippen LogP contribution in [0.1, 0.15) is 0 Å². The van der Waals surface area contributed by atoms with Gasteiger partial charge in [-0.15, -0.1) is 20.4 Å². The second kappa shape index (κ2) is 2.09. The summed E-state index contributed by atoms with van der Waals surface area (Å²) in [4.78, 5) is 1.15. The van der Waals surface area contributed by atoms with Crippen molar-refractivity contribution >= 4 is 5.84 Å². The molecule has 0 atom stereocenters. The van der Waals surface area contributed by atoms with Gasteiger partial charge in [-0.05, 0) is 5.21 Å². The third kappa shape index (κ3) is 0.802. The van der Waals surface area contributed by atoms with Crippen LogP contribution in [0.5, 0.6) is 0 Å². The molecule has 3 aromatic rings. The first-order chi connectivity index (χ1) is 6.43. The maximum absolute atomic E-state index is 5.13. The number of hydrogen-bond acceptors (Lipinski definition) is 7. The maximum atomic E-state index is 5.13. The van der Waals surface area contributed by atoms with Crippen LogP contribution in [0.3, 0.4) is 0 Å². The summed E-state index contributed by atoms with van der Waals surface area (Å²) in [6, 6.07) is 0.197. The summed E-state index contributed by atoms with van der Waals surface area (Å²) in [7, 11) is 0. The van der Waals surface area contributed by atoms with E-state index in [-0.39, 0.29) is 11.9 Å². The van der Waals surface area contributed by atoms with Gasteiger partial charge in [-0.25, -0.2) is 0 Å². The van der Waals surface area contributed by atoms with Crippen LogP contribution < -0.4 is 0 Å². The van der Waals surface area contributed by atoms with Gasteiger partial charge in [-0.2, -0.15) is 4.52 Å². The van der Waals surface area contributed by atoms with Crippen molar-refractivity contribution in [3.8, 4) is 6.01 Å². The van der Waals surface area contributed by atoms with Crippen LogP contribution in [-0.4, -0.2) is 40.0 Å². The highest BCUT2D eigenvalue weighted by atomic mass is 16.4. The van der Waals surface area contributed by atoms with Gasteiger partial charge in [-0.1, -0.05) is 9.90 Å². The second-order valence-electron chi connectivity index (χ2n) is 2.17. The van der Waals surface area contributed by atoms with E-state index in [1.807, 2.05) is 0 Å². The molecule has 0 radical (unpaired) electrons. The smallest absolute Gasteiger partial charge is 0.363 e. The van der Waals surface area contributed by atoms with Gasteiger partial charge in [0.2, 0.25) is 0 Å². The molecule has 0 N–H and O–H groups in total. The molecule has 64 valence electrons. The van der Waals surface area contributed by atoms with Gasteiger partial charge in [-0.3, -0.25) is 0 Å². The third-order valence-corrected chi connectivity index (χ3v) is 1.40. The highest BCUT2D eigenvalue weighted by Gasteiger charge is 2.09. The zero-order valence-corrected chi connectivity index (χ0v) is 6.14. The second-order valence-corrected chi connectivity index (χ2v) is 2.17. The molecular weight excluding hydrogens is 176 g/mol. The molecule has 13 heavy (non-hydrogen) atoms. The molecule has 0 saturated carbocycles. The standard InChI is InChI=1S/C4H2N8O/c1-5-10-12(7-1)4-9-11-2-6-8-3(11)13-4/h1-2H. The summed E-state index contributed by atoms with van der Waals surface area (Å²) in [6.07, 6.45) is 2.70. The van der Waals surface area contributed by atoms with E-state index >= 15 is 0 Å². The van der Waals surface area contributed by atoms with Crippen LogP contribution in [-0.2, 0) is 0 Å². The van der Waals surface area contributed by atoms with E-state index in [2.05, 4.69) is 30.7 Å². The normalized spacial score (nSPS) is 11.1. The largest absolute Gasteiger partial charge is 0.385 e. The predicted molar refractivity (Wildman–Crippen MR) is 35.8 cm³/mol. The maximum Gasteiger partial charge on any atom is 0.363 e. The van der Waals surface area contributed by atoms with Crippen molar-refractivity contribution in [3.63, 3.8) is 0 Å². The van der Waals surface area contributed by atoms with Gasteiger partial charge in [0, 0.05) is 0 Å². The van der Waals surface area contributed by atoms with Gasteiger partial charge in [0.15, 0.2) is 6.33 Å². The van der Waals surface area contributed by atoms with E-state index < -0.39 is 0 Å². The molecule has 3 rings (SSSR count). The number of fused-ring (bicyclic) bond motifs is 1. The molecule has 0 unspecified atom stereocenters. The van der Waals surface area contributed by atoms with Crippen molar-refractivity contribution in [2.75, 3.05) is 0 Å². The van der Waals surface area contributed by atoms with Crippen LogP contribution >= 0.6 is 0 Å². The Bertz CT molecular complexity index is 491. The van der Waals surface area contributed by atoms with Crippen LogP contribution in [0.25, 0.3) is 11.9 Å². The number of aromatic nitrogens is 8. The molecule has 0 saturated heterocycles. The van der Waals surface area contributed by atoms with Crippen molar-refractivity contribution in [2.24, 2.45) is 0 Å². The first-order valence-electron chi connectivity index (χ1n) is 3.34. The van der Waals surface area contributed by atoms with Crippen molar-refractivity contribution in [3.05, 3.63) is 12.7 Å². The first-order valence-corrected chi connectivity index (χ1v) is 3.34. The molecule has 0 aliphatic rings. The predicted octanol–water partition coefficient (Wildman–Crippen LogP) is -1.31. The van der Waals surface area contributed by atoms with Gasteiger partial charge in [0.05, 0.1) is 0 Å². The summed E-state index contributed by atoms with van der Waals surface area (Å²) >= 11 is 0. The van der Waals surface area contributed by atoms with Gasteiger partial charge < -0.3 is 4.42 Å². The van der Waals surface area contributed by atoms with E-state index in [4.69, 9.17) is 4.42 Å². The number of tetrazole rings is 1. The lowest BCUT2D eigenvalue weighted by atomic mass is 11.2. The Morgan fingerprint density at radius 1 is 1.31 bits per heavy atom. The van der Waals surface area contributed by atoms with Crippen molar-refractivity contribution in [1.29, 1.82) is 0 Å². The lowest BCUT2D eigenvalue weighted by Crippen LogP contribution is -1.99. The minimum absolute atomic E-state index is 0.197. The van der Waals surface area contributed by atoms with Crippen molar-refractivity contribution in [2.45, 2.75) is 0 Å². The van der Waals surface area contributed by atoms with E-state index in [1.165, 1.54) is 17.2 Å². The minimum Gasteiger partial charge on any atom is -0.385 e.